The first-order valence-corrected chi connectivity index (χ1v) is 4.66. The Morgan fingerprint density at radius 3 is 2.77 bits per heavy atom. The van der Waals surface area contributed by atoms with Gasteiger partial charge in [-0.25, -0.2) is 0 Å². The van der Waals surface area contributed by atoms with Crippen LogP contribution in [0.2, 0.25) is 0 Å². The standard InChI is InChI=1S/C8H11NO3S/c9-2-7(11)8(12)5-1-6(3-10)13-4-5/h1,3-4,7-8,11-12H,2,9H2. The fourth-order valence-corrected chi connectivity index (χ4v) is 1.68. The minimum atomic E-state index is -1.00. The molecule has 2 unspecified atom stereocenters. The van der Waals surface area contributed by atoms with Crippen molar-refractivity contribution < 1.29 is 15.0 Å². The van der Waals surface area contributed by atoms with Crippen molar-refractivity contribution in [3.63, 3.8) is 0 Å². The maximum Gasteiger partial charge on any atom is 0.160 e. The molecule has 0 aliphatic rings. The van der Waals surface area contributed by atoms with E-state index < -0.39 is 12.2 Å². The monoisotopic (exact) mass is 201 g/mol. The van der Waals surface area contributed by atoms with E-state index in [1.54, 1.807) is 11.4 Å². The number of aldehydes is 1. The van der Waals surface area contributed by atoms with E-state index >= 15 is 0 Å². The summed E-state index contributed by atoms with van der Waals surface area (Å²) < 4.78 is 0. The summed E-state index contributed by atoms with van der Waals surface area (Å²) in [5.41, 5.74) is 5.71. The van der Waals surface area contributed by atoms with E-state index in [2.05, 4.69) is 0 Å². The van der Waals surface area contributed by atoms with Gasteiger partial charge in [-0.3, -0.25) is 4.79 Å². The van der Waals surface area contributed by atoms with Gasteiger partial charge in [0.05, 0.1) is 11.0 Å². The highest BCUT2D eigenvalue weighted by molar-refractivity contribution is 7.11. The summed E-state index contributed by atoms with van der Waals surface area (Å²) in [6.07, 6.45) is -1.28. The normalized spacial score (nSPS) is 15.3. The van der Waals surface area contributed by atoms with Crippen molar-refractivity contribution in [1.29, 1.82) is 0 Å². The predicted octanol–water partition coefficient (Wildman–Crippen LogP) is -0.0864. The average molecular weight is 201 g/mol. The lowest BCUT2D eigenvalue weighted by Gasteiger charge is -2.13. The van der Waals surface area contributed by atoms with Gasteiger partial charge in [0, 0.05) is 6.54 Å². The van der Waals surface area contributed by atoms with Crippen LogP contribution in [0.4, 0.5) is 0 Å². The van der Waals surface area contributed by atoms with Crippen molar-refractivity contribution in [2.75, 3.05) is 6.54 Å². The van der Waals surface area contributed by atoms with Crippen LogP contribution in [0.5, 0.6) is 0 Å². The van der Waals surface area contributed by atoms with Crippen LogP contribution in [0.25, 0.3) is 0 Å². The number of carbonyl (C=O) groups excluding carboxylic acids is 1. The summed E-state index contributed by atoms with van der Waals surface area (Å²) in [5, 5.41) is 20.3. The lowest BCUT2D eigenvalue weighted by molar-refractivity contribution is 0.0246. The molecule has 2 atom stereocenters. The van der Waals surface area contributed by atoms with E-state index in [0.29, 0.717) is 16.7 Å². The molecule has 0 bridgehead atoms. The van der Waals surface area contributed by atoms with Gasteiger partial charge in [0.25, 0.3) is 0 Å². The largest absolute Gasteiger partial charge is 0.389 e. The number of carbonyl (C=O) groups is 1. The average Bonchev–Trinajstić information content (AvgIpc) is 2.63. The van der Waals surface area contributed by atoms with Crippen LogP contribution in [0.3, 0.4) is 0 Å². The summed E-state index contributed by atoms with van der Waals surface area (Å²) in [7, 11) is 0. The number of rotatable bonds is 4. The number of hydrogen-bond donors (Lipinski definition) is 3. The molecule has 0 saturated heterocycles. The van der Waals surface area contributed by atoms with Gasteiger partial charge >= 0.3 is 0 Å². The molecule has 4 nitrogen and oxygen atoms in total. The number of hydrogen-bond acceptors (Lipinski definition) is 5. The third kappa shape index (κ3) is 2.35. The van der Waals surface area contributed by atoms with Gasteiger partial charge < -0.3 is 15.9 Å². The van der Waals surface area contributed by atoms with Crippen molar-refractivity contribution in [1.82, 2.24) is 0 Å². The summed E-state index contributed by atoms with van der Waals surface area (Å²) in [4.78, 5) is 10.8. The Morgan fingerprint density at radius 1 is 1.62 bits per heavy atom. The Morgan fingerprint density at radius 2 is 2.31 bits per heavy atom. The van der Waals surface area contributed by atoms with Crippen LogP contribution in [-0.4, -0.2) is 29.1 Å². The summed E-state index contributed by atoms with van der Waals surface area (Å²) >= 11 is 1.23. The number of nitrogens with two attached hydrogens (primary N) is 1. The molecule has 0 spiro atoms. The summed E-state index contributed by atoms with van der Waals surface area (Å²) in [5.74, 6) is 0. The molecule has 0 amide bonds. The predicted molar refractivity (Wildman–Crippen MR) is 49.7 cm³/mol. The van der Waals surface area contributed by atoms with Crippen LogP contribution in [-0.2, 0) is 0 Å². The highest BCUT2D eigenvalue weighted by atomic mass is 32.1. The van der Waals surface area contributed by atoms with E-state index in [1.165, 1.54) is 11.3 Å². The van der Waals surface area contributed by atoms with Crippen LogP contribution in [0, 0.1) is 0 Å². The zero-order chi connectivity index (χ0) is 9.84. The van der Waals surface area contributed by atoms with Crippen molar-refractivity contribution in [2.45, 2.75) is 12.2 Å². The highest BCUT2D eigenvalue weighted by Gasteiger charge is 2.17. The maximum atomic E-state index is 10.3. The van der Waals surface area contributed by atoms with Gasteiger partial charge in [-0.15, -0.1) is 11.3 Å². The molecule has 1 heterocycles. The topological polar surface area (TPSA) is 83.6 Å². The Balaban J connectivity index is 2.76. The van der Waals surface area contributed by atoms with E-state index in [0.717, 1.165) is 0 Å². The van der Waals surface area contributed by atoms with Crippen LogP contribution in [0.15, 0.2) is 11.4 Å². The van der Waals surface area contributed by atoms with Crippen molar-refractivity contribution >= 4 is 17.6 Å². The minimum absolute atomic E-state index is 0.00651. The molecule has 0 saturated carbocycles. The van der Waals surface area contributed by atoms with Crippen molar-refractivity contribution in [2.24, 2.45) is 5.73 Å². The molecule has 4 N–H and O–H groups in total. The molecule has 1 aromatic rings. The fraction of sp³-hybridized carbons (Fsp3) is 0.375. The van der Waals surface area contributed by atoms with E-state index in [1.807, 2.05) is 0 Å². The second-order valence-electron chi connectivity index (χ2n) is 2.65. The summed E-state index contributed by atoms with van der Waals surface area (Å²) in [6.45, 7) is -0.00651. The first kappa shape index (κ1) is 10.3. The van der Waals surface area contributed by atoms with Gasteiger partial charge in [-0.1, -0.05) is 0 Å². The Bertz CT molecular complexity index is 287. The second kappa shape index (κ2) is 4.48. The van der Waals surface area contributed by atoms with Gasteiger partial charge in [-0.2, -0.15) is 0 Å². The fourth-order valence-electron chi connectivity index (χ4n) is 0.936. The molecular formula is C8H11NO3S. The van der Waals surface area contributed by atoms with Crippen molar-refractivity contribution in [3.8, 4) is 0 Å². The molecule has 0 radical (unpaired) electrons. The molecule has 5 heteroatoms. The van der Waals surface area contributed by atoms with Gasteiger partial charge in [0.1, 0.15) is 6.10 Å². The molecule has 13 heavy (non-hydrogen) atoms. The lowest BCUT2D eigenvalue weighted by atomic mass is 10.1. The van der Waals surface area contributed by atoms with Crippen LogP contribution >= 0.6 is 11.3 Å². The number of aliphatic hydroxyl groups excluding tert-OH is 2. The third-order valence-corrected chi connectivity index (χ3v) is 2.58. The first-order valence-electron chi connectivity index (χ1n) is 3.79. The van der Waals surface area contributed by atoms with E-state index in [9.17, 15) is 15.0 Å². The number of thiophene rings is 1. The van der Waals surface area contributed by atoms with E-state index in [4.69, 9.17) is 5.73 Å². The third-order valence-electron chi connectivity index (χ3n) is 1.70. The lowest BCUT2D eigenvalue weighted by Crippen LogP contribution is -2.26. The van der Waals surface area contributed by atoms with Gasteiger partial charge in [0.15, 0.2) is 6.29 Å². The molecule has 0 aliphatic heterocycles. The zero-order valence-electron chi connectivity index (χ0n) is 6.88. The smallest absolute Gasteiger partial charge is 0.160 e. The van der Waals surface area contributed by atoms with Crippen molar-refractivity contribution in [3.05, 3.63) is 21.9 Å². The molecule has 0 aliphatic carbocycles. The number of aliphatic hydroxyl groups is 2. The quantitative estimate of drug-likeness (QED) is 0.595. The van der Waals surface area contributed by atoms with Crippen LogP contribution < -0.4 is 5.73 Å². The second-order valence-corrected chi connectivity index (χ2v) is 3.59. The Hall–Kier alpha value is -0.750. The molecule has 72 valence electrons. The highest BCUT2D eigenvalue weighted by Crippen LogP contribution is 2.21. The molecular weight excluding hydrogens is 190 g/mol. The minimum Gasteiger partial charge on any atom is -0.389 e. The van der Waals surface area contributed by atoms with Gasteiger partial charge in [0.2, 0.25) is 0 Å². The maximum absolute atomic E-state index is 10.3. The SMILES string of the molecule is NCC(O)C(O)c1csc(C=O)c1. The Labute approximate surface area is 79.6 Å². The molecule has 0 aromatic carbocycles. The molecule has 0 fully saturated rings. The first-order chi connectivity index (χ1) is 6.19. The van der Waals surface area contributed by atoms with Crippen LogP contribution in [0.1, 0.15) is 21.3 Å². The molecule has 1 rings (SSSR count). The molecule has 1 aromatic heterocycles. The Kier molecular flexibility index (Phi) is 3.56. The zero-order valence-corrected chi connectivity index (χ0v) is 7.70. The van der Waals surface area contributed by atoms with Gasteiger partial charge in [-0.05, 0) is 17.0 Å². The van der Waals surface area contributed by atoms with E-state index in [-0.39, 0.29) is 6.54 Å². The summed E-state index contributed by atoms with van der Waals surface area (Å²) in [6, 6.07) is 1.54.